The van der Waals surface area contributed by atoms with Crippen LogP contribution < -0.4 is 10.6 Å². The highest BCUT2D eigenvalue weighted by Crippen LogP contribution is 2.07. The van der Waals surface area contributed by atoms with E-state index in [1.54, 1.807) is 0 Å². The second-order valence-electron chi connectivity index (χ2n) is 3.82. The van der Waals surface area contributed by atoms with Crippen molar-refractivity contribution in [2.24, 2.45) is 0 Å². The molecule has 0 spiro atoms. The highest BCUT2D eigenvalue weighted by Gasteiger charge is 2.20. The van der Waals surface area contributed by atoms with Gasteiger partial charge in [-0.15, -0.1) is 12.3 Å². The molecule has 0 aromatic rings. The summed E-state index contributed by atoms with van der Waals surface area (Å²) in [5.41, 5.74) is 0. The third-order valence-electron chi connectivity index (χ3n) is 2.44. The van der Waals surface area contributed by atoms with E-state index in [0.717, 1.165) is 19.4 Å². The SMILES string of the molecule is C#CCC(C)NC(=O)[C@@H]1CCCCN1. The number of nitrogens with one attached hydrogen (secondary N) is 2. The van der Waals surface area contributed by atoms with Crippen LogP contribution in [0.25, 0.3) is 0 Å². The maximum atomic E-state index is 11.6. The first-order valence-corrected chi connectivity index (χ1v) is 5.21. The second-order valence-corrected chi connectivity index (χ2v) is 3.82. The molecule has 3 heteroatoms. The molecule has 1 fully saturated rings. The molecular formula is C11H18N2O. The summed E-state index contributed by atoms with van der Waals surface area (Å²) in [6.45, 7) is 2.88. The fourth-order valence-corrected chi connectivity index (χ4v) is 1.65. The van der Waals surface area contributed by atoms with Gasteiger partial charge in [0.15, 0.2) is 0 Å². The van der Waals surface area contributed by atoms with Gasteiger partial charge in [0.25, 0.3) is 0 Å². The van der Waals surface area contributed by atoms with Gasteiger partial charge >= 0.3 is 0 Å². The number of hydrogen-bond donors (Lipinski definition) is 2. The van der Waals surface area contributed by atoms with Crippen molar-refractivity contribution in [2.45, 2.75) is 44.7 Å². The van der Waals surface area contributed by atoms with Gasteiger partial charge in [-0.1, -0.05) is 6.42 Å². The van der Waals surface area contributed by atoms with Crippen molar-refractivity contribution in [3.05, 3.63) is 0 Å². The zero-order valence-electron chi connectivity index (χ0n) is 8.68. The molecule has 0 aromatic heterocycles. The summed E-state index contributed by atoms with van der Waals surface area (Å²) in [6.07, 6.45) is 9.01. The lowest BCUT2D eigenvalue weighted by Gasteiger charge is -2.24. The van der Waals surface area contributed by atoms with Crippen LogP contribution in [0.15, 0.2) is 0 Å². The highest BCUT2D eigenvalue weighted by molar-refractivity contribution is 5.82. The van der Waals surface area contributed by atoms with Gasteiger partial charge in [-0.05, 0) is 26.3 Å². The van der Waals surface area contributed by atoms with Crippen LogP contribution in [0.5, 0.6) is 0 Å². The topological polar surface area (TPSA) is 41.1 Å². The number of terminal acetylenes is 1. The fraction of sp³-hybridized carbons (Fsp3) is 0.727. The van der Waals surface area contributed by atoms with Crippen molar-refractivity contribution in [3.8, 4) is 12.3 Å². The molecule has 2 N–H and O–H groups in total. The van der Waals surface area contributed by atoms with Gasteiger partial charge in [0.2, 0.25) is 5.91 Å². The Hall–Kier alpha value is -1.01. The number of hydrogen-bond acceptors (Lipinski definition) is 2. The summed E-state index contributed by atoms with van der Waals surface area (Å²) < 4.78 is 0. The maximum Gasteiger partial charge on any atom is 0.237 e. The quantitative estimate of drug-likeness (QED) is 0.648. The summed E-state index contributed by atoms with van der Waals surface area (Å²) in [4.78, 5) is 11.6. The Labute approximate surface area is 85.6 Å². The lowest BCUT2D eigenvalue weighted by molar-refractivity contribution is -0.124. The zero-order chi connectivity index (χ0) is 10.4. The summed E-state index contributed by atoms with van der Waals surface area (Å²) in [5, 5.41) is 6.11. The number of carbonyl (C=O) groups is 1. The van der Waals surface area contributed by atoms with Crippen molar-refractivity contribution in [2.75, 3.05) is 6.54 Å². The third kappa shape index (κ3) is 3.39. The smallest absolute Gasteiger partial charge is 0.237 e. The van der Waals surface area contributed by atoms with E-state index in [1.807, 2.05) is 6.92 Å². The van der Waals surface area contributed by atoms with E-state index in [2.05, 4.69) is 16.6 Å². The number of carbonyl (C=O) groups excluding carboxylic acids is 1. The Morgan fingerprint density at radius 2 is 2.50 bits per heavy atom. The molecule has 2 atom stereocenters. The van der Waals surface area contributed by atoms with Crippen LogP contribution in [0.2, 0.25) is 0 Å². The van der Waals surface area contributed by atoms with Gasteiger partial charge in [0, 0.05) is 12.5 Å². The lowest BCUT2D eigenvalue weighted by Crippen LogP contribution is -2.48. The van der Waals surface area contributed by atoms with Crippen LogP contribution in [0.1, 0.15) is 32.6 Å². The number of rotatable bonds is 3. The highest BCUT2D eigenvalue weighted by atomic mass is 16.2. The van der Waals surface area contributed by atoms with E-state index in [1.165, 1.54) is 6.42 Å². The molecule has 0 bridgehead atoms. The Morgan fingerprint density at radius 1 is 1.71 bits per heavy atom. The minimum absolute atomic E-state index is 0.0102. The Bertz CT molecular complexity index is 226. The van der Waals surface area contributed by atoms with Gasteiger partial charge in [-0.25, -0.2) is 0 Å². The summed E-state index contributed by atoms with van der Waals surface area (Å²) >= 11 is 0. The molecule has 1 heterocycles. The van der Waals surface area contributed by atoms with E-state index in [4.69, 9.17) is 6.42 Å². The Balaban J connectivity index is 2.30. The maximum absolute atomic E-state index is 11.6. The molecular weight excluding hydrogens is 176 g/mol. The summed E-state index contributed by atoms with van der Waals surface area (Å²) in [7, 11) is 0. The molecule has 1 aliphatic rings. The minimum atomic E-state index is -0.0102. The van der Waals surface area contributed by atoms with E-state index in [-0.39, 0.29) is 18.0 Å². The largest absolute Gasteiger partial charge is 0.351 e. The lowest BCUT2D eigenvalue weighted by atomic mass is 10.0. The molecule has 0 aromatic carbocycles. The van der Waals surface area contributed by atoms with Crippen LogP contribution in [-0.4, -0.2) is 24.5 Å². The monoisotopic (exact) mass is 194 g/mol. The van der Waals surface area contributed by atoms with Crippen LogP contribution in [0, 0.1) is 12.3 Å². The fourth-order valence-electron chi connectivity index (χ4n) is 1.65. The second kappa shape index (κ2) is 5.66. The molecule has 1 saturated heterocycles. The summed E-state index contributed by atoms with van der Waals surface area (Å²) in [5.74, 6) is 2.63. The first-order valence-electron chi connectivity index (χ1n) is 5.21. The molecule has 14 heavy (non-hydrogen) atoms. The van der Waals surface area contributed by atoms with Gasteiger partial charge in [-0.2, -0.15) is 0 Å². The molecule has 1 amide bonds. The van der Waals surface area contributed by atoms with Crippen LogP contribution in [0.3, 0.4) is 0 Å². The third-order valence-corrected chi connectivity index (χ3v) is 2.44. The van der Waals surface area contributed by atoms with Crippen molar-refractivity contribution in [1.29, 1.82) is 0 Å². The molecule has 3 nitrogen and oxygen atoms in total. The number of piperidine rings is 1. The first kappa shape index (κ1) is 11.1. The van der Waals surface area contributed by atoms with Crippen molar-refractivity contribution in [1.82, 2.24) is 10.6 Å². The van der Waals surface area contributed by atoms with Crippen molar-refractivity contribution < 1.29 is 4.79 Å². The van der Waals surface area contributed by atoms with Crippen molar-refractivity contribution in [3.63, 3.8) is 0 Å². The van der Waals surface area contributed by atoms with E-state index in [0.29, 0.717) is 6.42 Å². The zero-order valence-corrected chi connectivity index (χ0v) is 8.68. The average molecular weight is 194 g/mol. The van der Waals surface area contributed by atoms with Crippen molar-refractivity contribution >= 4 is 5.91 Å². The van der Waals surface area contributed by atoms with Gasteiger partial charge in [0.05, 0.1) is 6.04 Å². The molecule has 0 aliphatic carbocycles. The van der Waals surface area contributed by atoms with E-state index in [9.17, 15) is 4.79 Å². The molecule has 1 unspecified atom stereocenters. The Kier molecular flexibility index (Phi) is 4.48. The Morgan fingerprint density at radius 3 is 3.07 bits per heavy atom. The molecule has 1 aliphatic heterocycles. The number of amides is 1. The van der Waals surface area contributed by atoms with Crippen LogP contribution in [0.4, 0.5) is 0 Å². The molecule has 1 rings (SSSR count). The normalized spacial score (nSPS) is 23.6. The van der Waals surface area contributed by atoms with Gasteiger partial charge in [0.1, 0.15) is 0 Å². The van der Waals surface area contributed by atoms with Crippen LogP contribution in [-0.2, 0) is 4.79 Å². The molecule has 0 saturated carbocycles. The summed E-state index contributed by atoms with van der Waals surface area (Å²) in [6, 6.07) is 0.0696. The molecule has 0 radical (unpaired) electrons. The average Bonchev–Trinajstić information content (AvgIpc) is 2.19. The minimum Gasteiger partial charge on any atom is -0.351 e. The van der Waals surface area contributed by atoms with Gasteiger partial charge in [-0.3, -0.25) is 4.79 Å². The van der Waals surface area contributed by atoms with E-state index < -0.39 is 0 Å². The predicted octanol–water partition coefficient (Wildman–Crippen LogP) is 0.656. The van der Waals surface area contributed by atoms with Crippen LogP contribution >= 0.6 is 0 Å². The first-order chi connectivity index (χ1) is 6.74. The van der Waals surface area contributed by atoms with E-state index >= 15 is 0 Å². The molecule has 78 valence electrons. The standard InChI is InChI=1S/C11H18N2O/c1-3-6-9(2)13-11(14)10-7-4-5-8-12-10/h1,9-10,12H,4-8H2,2H3,(H,13,14)/t9?,10-/m0/s1. The predicted molar refractivity (Wildman–Crippen MR) is 56.7 cm³/mol. The van der Waals surface area contributed by atoms with Gasteiger partial charge < -0.3 is 10.6 Å².